The van der Waals surface area contributed by atoms with Gasteiger partial charge in [-0.1, -0.05) is 32.9 Å². The number of nitrogens with one attached hydrogen (secondary N) is 1. The van der Waals surface area contributed by atoms with Crippen molar-refractivity contribution in [2.24, 2.45) is 5.92 Å². The van der Waals surface area contributed by atoms with Crippen LogP contribution in [0.3, 0.4) is 0 Å². The van der Waals surface area contributed by atoms with Crippen LogP contribution in [0.2, 0.25) is 0 Å². The second kappa shape index (κ2) is 4.52. The zero-order chi connectivity index (χ0) is 13.6. The van der Waals surface area contributed by atoms with Gasteiger partial charge >= 0.3 is 0 Å². The summed E-state index contributed by atoms with van der Waals surface area (Å²) >= 11 is 0. The van der Waals surface area contributed by atoms with E-state index in [2.05, 4.69) is 56.2 Å². The first-order valence-corrected chi connectivity index (χ1v) is 7.53. The fourth-order valence-electron chi connectivity index (χ4n) is 3.64. The molecule has 0 aromatic heterocycles. The zero-order valence-electron chi connectivity index (χ0n) is 12.7. The summed E-state index contributed by atoms with van der Waals surface area (Å²) < 4.78 is 0. The topological polar surface area (TPSA) is 15.3 Å². The van der Waals surface area contributed by atoms with E-state index in [0.717, 1.165) is 11.8 Å². The van der Waals surface area contributed by atoms with Crippen LogP contribution in [0.1, 0.15) is 44.2 Å². The molecule has 2 nitrogen and oxygen atoms in total. The highest BCUT2D eigenvalue weighted by Crippen LogP contribution is 2.42. The van der Waals surface area contributed by atoms with Crippen molar-refractivity contribution in [1.82, 2.24) is 5.32 Å². The van der Waals surface area contributed by atoms with Gasteiger partial charge in [-0.25, -0.2) is 0 Å². The molecule has 0 amide bonds. The number of benzene rings is 1. The largest absolute Gasteiger partial charge is 0.374 e. The third-order valence-electron chi connectivity index (χ3n) is 4.82. The maximum atomic E-state index is 3.55. The SMILES string of the molecule is CN1CC2CNCCC2c2cc(C(C)(C)C)ccc21. The van der Waals surface area contributed by atoms with Crippen LogP contribution in [0, 0.1) is 5.92 Å². The van der Waals surface area contributed by atoms with Gasteiger partial charge in [-0.15, -0.1) is 0 Å². The molecule has 0 aliphatic carbocycles. The molecule has 2 atom stereocenters. The summed E-state index contributed by atoms with van der Waals surface area (Å²) in [7, 11) is 2.24. The fraction of sp³-hybridized carbons (Fsp3) is 0.647. The van der Waals surface area contributed by atoms with Crippen LogP contribution < -0.4 is 10.2 Å². The highest BCUT2D eigenvalue weighted by atomic mass is 15.1. The van der Waals surface area contributed by atoms with E-state index < -0.39 is 0 Å². The summed E-state index contributed by atoms with van der Waals surface area (Å²) in [6.07, 6.45) is 1.29. The van der Waals surface area contributed by atoms with Crippen molar-refractivity contribution >= 4 is 5.69 Å². The molecule has 2 aliphatic heterocycles. The number of hydrogen-bond donors (Lipinski definition) is 1. The molecular weight excluding hydrogens is 232 g/mol. The molecular formula is C17H26N2. The van der Waals surface area contributed by atoms with E-state index in [9.17, 15) is 0 Å². The lowest BCUT2D eigenvalue weighted by Crippen LogP contribution is -2.45. The van der Waals surface area contributed by atoms with Gasteiger partial charge < -0.3 is 10.2 Å². The summed E-state index contributed by atoms with van der Waals surface area (Å²) in [5.74, 6) is 1.54. The van der Waals surface area contributed by atoms with Crippen LogP contribution in [0.15, 0.2) is 18.2 Å². The van der Waals surface area contributed by atoms with Crippen LogP contribution >= 0.6 is 0 Å². The van der Waals surface area contributed by atoms with Crippen LogP contribution in [-0.4, -0.2) is 26.7 Å². The van der Waals surface area contributed by atoms with E-state index >= 15 is 0 Å². The molecule has 0 radical (unpaired) electrons. The third-order valence-corrected chi connectivity index (χ3v) is 4.82. The van der Waals surface area contributed by atoms with Crippen molar-refractivity contribution in [2.75, 3.05) is 31.6 Å². The van der Waals surface area contributed by atoms with E-state index in [1.54, 1.807) is 5.56 Å². The highest BCUT2D eigenvalue weighted by Gasteiger charge is 2.34. The Labute approximate surface area is 117 Å². The monoisotopic (exact) mass is 258 g/mol. The minimum Gasteiger partial charge on any atom is -0.374 e. The second-order valence-electron chi connectivity index (χ2n) is 7.26. The Bertz CT molecular complexity index is 473. The van der Waals surface area contributed by atoms with Crippen LogP contribution in [0.4, 0.5) is 5.69 Å². The summed E-state index contributed by atoms with van der Waals surface area (Å²) in [5.41, 5.74) is 4.76. The van der Waals surface area contributed by atoms with E-state index in [4.69, 9.17) is 0 Å². The summed E-state index contributed by atoms with van der Waals surface area (Å²) in [4.78, 5) is 2.44. The van der Waals surface area contributed by atoms with Gasteiger partial charge in [-0.3, -0.25) is 0 Å². The number of anilines is 1. The van der Waals surface area contributed by atoms with Crippen molar-refractivity contribution in [3.8, 4) is 0 Å². The first-order chi connectivity index (χ1) is 8.97. The smallest absolute Gasteiger partial charge is 0.0399 e. The quantitative estimate of drug-likeness (QED) is 0.769. The summed E-state index contributed by atoms with van der Waals surface area (Å²) in [6.45, 7) is 10.5. The minimum absolute atomic E-state index is 0.244. The number of fused-ring (bicyclic) bond motifs is 3. The molecule has 1 saturated heterocycles. The first kappa shape index (κ1) is 13.0. The number of hydrogen-bond acceptors (Lipinski definition) is 2. The lowest BCUT2D eigenvalue weighted by atomic mass is 9.75. The van der Waals surface area contributed by atoms with Crippen molar-refractivity contribution < 1.29 is 0 Å². The fourth-order valence-corrected chi connectivity index (χ4v) is 3.64. The van der Waals surface area contributed by atoms with Crippen molar-refractivity contribution in [1.29, 1.82) is 0 Å². The molecule has 104 valence electrons. The summed E-state index contributed by atoms with van der Waals surface area (Å²) in [6, 6.07) is 7.14. The van der Waals surface area contributed by atoms with E-state index in [1.807, 2.05) is 0 Å². The number of rotatable bonds is 0. The molecule has 19 heavy (non-hydrogen) atoms. The third kappa shape index (κ3) is 2.27. The van der Waals surface area contributed by atoms with Crippen molar-refractivity contribution in [2.45, 2.75) is 38.5 Å². The highest BCUT2D eigenvalue weighted by molar-refractivity contribution is 5.59. The zero-order valence-corrected chi connectivity index (χ0v) is 12.7. The maximum Gasteiger partial charge on any atom is 0.0399 e. The molecule has 2 heteroatoms. The molecule has 1 aromatic rings. The van der Waals surface area contributed by atoms with E-state index in [-0.39, 0.29) is 5.41 Å². The Morgan fingerprint density at radius 1 is 1.26 bits per heavy atom. The van der Waals surface area contributed by atoms with Crippen LogP contribution in [-0.2, 0) is 5.41 Å². The van der Waals surface area contributed by atoms with Gasteiger partial charge in [-0.2, -0.15) is 0 Å². The molecule has 2 heterocycles. The summed E-state index contributed by atoms with van der Waals surface area (Å²) in [5, 5.41) is 3.55. The van der Waals surface area contributed by atoms with Gasteiger partial charge in [0.25, 0.3) is 0 Å². The Morgan fingerprint density at radius 3 is 2.79 bits per heavy atom. The van der Waals surface area contributed by atoms with Crippen LogP contribution in [0.5, 0.6) is 0 Å². The van der Waals surface area contributed by atoms with Crippen LogP contribution in [0.25, 0.3) is 0 Å². The predicted octanol–water partition coefficient (Wildman–Crippen LogP) is 3.13. The Balaban J connectivity index is 2.05. The Kier molecular flexibility index (Phi) is 3.09. The molecule has 2 unspecified atom stereocenters. The molecule has 1 aromatic carbocycles. The van der Waals surface area contributed by atoms with Crippen molar-refractivity contribution in [3.63, 3.8) is 0 Å². The van der Waals surface area contributed by atoms with Crippen molar-refractivity contribution in [3.05, 3.63) is 29.3 Å². The molecule has 0 bridgehead atoms. The van der Waals surface area contributed by atoms with Gasteiger partial charge in [-0.05, 0) is 47.4 Å². The molecule has 1 fully saturated rings. The maximum absolute atomic E-state index is 3.55. The van der Waals surface area contributed by atoms with Gasteiger partial charge in [0.15, 0.2) is 0 Å². The second-order valence-corrected chi connectivity index (χ2v) is 7.26. The van der Waals surface area contributed by atoms with Gasteiger partial charge in [0.2, 0.25) is 0 Å². The Hall–Kier alpha value is -1.02. The molecule has 1 N–H and O–H groups in total. The van der Waals surface area contributed by atoms with Gasteiger partial charge in [0.1, 0.15) is 0 Å². The first-order valence-electron chi connectivity index (χ1n) is 7.53. The standard InChI is InChI=1S/C17H26N2/c1-17(2,3)13-5-6-16-15(9-13)14-7-8-18-10-12(14)11-19(16)4/h5-6,9,12,14,18H,7-8,10-11H2,1-4H3. The molecule has 3 rings (SSSR count). The van der Waals surface area contributed by atoms with E-state index in [0.29, 0.717) is 0 Å². The Morgan fingerprint density at radius 2 is 2.05 bits per heavy atom. The van der Waals surface area contributed by atoms with Gasteiger partial charge in [0.05, 0.1) is 0 Å². The molecule has 0 saturated carbocycles. The lowest BCUT2D eigenvalue weighted by molar-refractivity contribution is 0.318. The predicted molar refractivity (Wildman–Crippen MR) is 82.1 cm³/mol. The normalized spacial score (nSPS) is 26.8. The molecule has 0 spiro atoms. The van der Waals surface area contributed by atoms with E-state index in [1.165, 1.54) is 37.3 Å². The number of piperidine rings is 1. The lowest BCUT2D eigenvalue weighted by Gasteiger charge is -2.43. The average Bonchev–Trinajstić information content (AvgIpc) is 2.37. The number of nitrogens with zero attached hydrogens (tertiary/aromatic N) is 1. The molecule has 2 aliphatic rings. The van der Waals surface area contributed by atoms with Gasteiger partial charge in [0, 0.05) is 25.8 Å². The average molecular weight is 258 g/mol. The minimum atomic E-state index is 0.244.